The number of pyridine rings is 1. The molecule has 1 N–H and O–H groups in total. The van der Waals surface area contributed by atoms with Crippen LogP contribution >= 0.6 is 11.3 Å². The van der Waals surface area contributed by atoms with Crippen LogP contribution in [0.3, 0.4) is 0 Å². The van der Waals surface area contributed by atoms with Crippen molar-refractivity contribution in [2.45, 2.75) is 76.4 Å². The minimum atomic E-state index is -0.0493. The molecule has 8 heteroatoms. The van der Waals surface area contributed by atoms with Gasteiger partial charge < -0.3 is 14.8 Å². The van der Waals surface area contributed by atoms with Crippen LogP contribution in [0.2, 0.25) is 0 Å². The molecule has 1 amide bonds. The number of morpholine rings is 1. The number of thiophene rings is 1. The summed E-state index contributed by atoms with van der Waals surface area (Å²) in [5.41, 5.74) is 1.25. The first-order valence-corrected chi connectivity index (χ1v) is 13.6. The van der Waals surface area contributed by atoms with E-state index in [0.717, 1.165) is 68.0 Å². The standard InChI is InChI=1S/C26H35N3O4S/c1-2-19(30)16-28-23(31)15-17-3-8-22-24(17)25-21(9-10-27-26(25)34-22)33-20-6-4-18(5-7-20)29-11-13-32-14-12-29/h9-10,17-18,20H,2-8,11-16H2,1H3,(H,28,31)/t17-,18?,20?/m1/s1. The van der Waals surface area contributed by atoms with Crippen molar-refractivity contribution in [3.8, 4) is 5.75 Å². The Morgan fingerprint density at radius 3 is 2.76 bits per heavy atom. The van der Waals surface area contributed by atoms with Crippen molar-refractivity contribution >= 4 is 33.2 Å². The highest BCUT2D eigenvalue weighted by Gasteiger charge is 2.32. The normalized spacial score (nSPS) is 25.3. The summed E-state index contributed by atoms with van der Waals surface area (Å²) in [7, 11) is 0. The third-order valence-corrected chi connectivity index (χ3v) is 8.78. The molecule has 34 heavy (non-hydrogen) atoms. The summed E-state index contributed by atoms with van der Waals surface area (Å²) < 4.78 is 12.1. The Balaban J connectivity index is 1.26. The van der Waals surface area contributed by atoms with Crippen LogP contribution in [0.1, 0.15) is 68.2 Å². The van der Waals surface area contributed by atoms with E-state index in [2.05, 4.69) is 15.2 Å². The van der Waals surface area contributed by atoms with Crippen LogP contribution in [0.5, 0.6) is 5.75 Å². The molecule has 0 aromatic carbocycles. The number of nitrogens with zero attached hydrogens (tertiary/aromatic N) is 2. The first kappa shape index (κ1) is 23.7. The van der Waals surface area contributed by atoms with Crippen LogP contribution in [0.4, 0.5) is 0 Å². The number of fused-ring (bicyclic) bond motifs is 3. The molecule has 5 rings (SSSR count). The van der Waals surface area contributed by atoms with Gasteiger partial charge in [-0.15, -0.1) is 11.3 Å². The van der Waals surface area contributed by atoms with Gasteiger partial charge in [-0.1, -0.05) is 6.92 Å². The van der Waals surface area contributed by atoms with Gasteiger partial charge in [-0.3, -0.25) is 14.5 Å². The second-order valence-corrected chi connectivity index (χ2v) is 10.8. The summed E-state index contributed by atoms with van der Waals surface area (Å²) in [5.74, 6) is 1.09. The Morgan fingerprint density at radius 1 is 1.21 bits per heavy atom. The maximum atomic E-state index is 12.5. The highest BCUT2D eigenvalue weighted by atomic mass is 32.1. The topological polar surface area (TPSA) is 80.8 Å². The number of amides is 1. The van der Waals surface area contributed by atoms with E-state index in [1.165, 1.54) is 23.3 Å². The van der Waals surface area contributed by atoms with Gasteiger partial charge in [0.2, 0.25) is 5.91 Å². The number of aryl methyl sites for hydroxylation is 1. The summed E-state index contributed by atoms with van der Waals surface area (Å²) >= 11 is 1.74. The minimum Gasteiger partial charge on any atom is -0.490 e. The molecule has 1 saturated carbocycles. The van der Waals surface area contributed by atoms with E-state index in [0.29, 0.717) is 18.9 Å². The van der Waals surface area contributed by atoms with E-state index in [1.54, 1.807) is 11.3 Å². The van der Waals surface area contributed by atoms with E-state index in [4.69, 9.17) is 9.47 Å². The SMILES string of the molecule is CCC(=O)CNC(=O)C[C@H]1CCc2sc3nccc(OC4CCC(N5CCOCC5)CC4)c3c21. The molecule has 2 aliphatic carbocycles. The van der Waals surface area contributed by atoms with Gasteiger partial charge in [0.1, 0.15) is 10.6 Å². The van der Waals surface area contributed by atoms with Gasteiger partial charge in [0, 0.05) is 43.0 Å². The van der Waals surface area contributed by atoms with E-state index >= 15 is 0 Å². The zero-order valence-corrected chi connectivity index (χ0v) is 20.8. The number of rotatable bonds is 8. The fourth-order valence-corrected chi connectivity index (χ4v) is 6.96. The van der Waals surface area contributed by atoms with Crippen LogP contribution in [0.25, 0.3) is 10.2 Å². The van der Waals surface area contributed by atoms with Crippen LogP contribution in [-0.4, -0.2) is 66.6 Å². The number of ketones is 1. The quantitative estimate of drug-likeness (QED) is 0.612. The predicted molar refractivity (Wildman–Crippen MR) is 133 cm³/mol. The van der Waals surface area contributed by atoms with Gasteiger partial charge in [0.25, 0.3) is 0 Å². The molecular weight excluding hydrogens is 450 g/mol. The van der Waals surface area contributed by atoms with Gasteiger partial charge in [-0.05, 0) is 56.1 Å². The number of Topliss-reactive ketones (excluding diaryl/α,β-unsaturated/α-hetero) is 1. The summed E-state index contributed by atoms with van der Waals surface area (Å²) in [6.07, 6.45) is 9.34. The van der Waals surface area contributed by atoms with Crippen molar-refractivity contribution in [2.24, 2.45) is 0 Å². The summed E-state index contributed by atoms with van der Waals surface area (Å²) in [6.45, 7) is 5.74. The number of nitrogens with one attached hydrogen (secondary N) is 1. The predicted octanol–water partition coefficient (Wildman–Crippen LogP) is 3.83. The molecule has 3 aliphatic rings. The molecule has 0 radical (unpaired) electrons. The van der Waals surface area contributed by atoms with Crippen molar-refractivity contribution in [1.82, 2.24) is 15.2 Å². The van der Waals surface area contributed by atoms with Crippen molar-refractivity contribution in [1.29, 1.82) is 0 Å². The van der Waals surface area contributed by atoms with Crippen LogP contribution in [0.15, 0.2) is 12.3 Å². The largest absolute Gasteiger partial charge is 0.490 e. The Hall–Kier alpha value is -2.03. The second kappa shape index (κ2) is 10.7. The first-order chi connectivity index (χ1) is 16.6. The van der Waals surface area contributed by atoms with E-state index in [9.17, 15) is 9.59 Å². The maximum absolute atomic E-state index is 12.5. The molecule has 0 spiro atoms. The fraction of sp³-hybridized carbons (Fsp3) is 0.654. The minimum absolute atomic E-state index is 0.0493. The molecule has 0 bridgehead atoms. The molecule has 0 unspecified atom stereocenters. The maximum Gasteiger partial charge on any atom is 0.220 e. The smallest absolute Gasteiger partial charge is 0.220 e. The van der Waals surface area contributed by atoms with Gasteiger partial charge >= 0.3 is 0 Å². The number of aromatic nitrogens is 1. The average molecular weight is 486 g/mol. The number of ether oxygens (including phenoxy) is 2. The van der Waals surface area contributed by atoms with E-state index < -0.39 is 0 Å². The number of carbonyl (C=O) groups excluding carboxylic acids is 2. The number of hydrogen-bond acceptors (Lipinski definition) is 7. The molecule has 2 aromatic rings. The number of hydrogen-bond donors (Lipinski definition) is 1. The van der Waals surface area contributed by atoms with Crippen molar-refractivity contribution in [2.75, 3.05) is 32.8 Å². The summed E-state index contributed by atoms with van der Waals surface area (Å²) in [5, 5.41) is 3.91. The zero-order valence-electron chi connectivity index (χ0n) is 20.0. The van der Waals surface area contributed by atoms with Gasteiger partial charge in [0.15, 0.2) is 5.78 Å². The molecule has 1 aliphatic heterocycles. The highest BCUT2D eigenvalue weighted by molar-refractivity contribution is 7.19. The van der Waals surface area contributed by atoms with Crippen LogP contribution in [0, 0.1) is 0 Å². The second-order valence-electron chi connectivity index (χ2n) is 9.73. The Bertz CT molecular complexity index is 1020. The third-order valence-electron chi connectivity index (χ3n) is 7.60. The lowest BCUT2D eigenvalue weighted by Crippen LogP contribution is -2.46. The van der Waals surface area contributed by atoms with Crippen molar-refractivity contribution in [3.05, 3.63) is 22.7 Å². The van der Waals surface area contributed by atoms with Gasteiger partial charge in [-0.2, -0.15) is 0 Å². The molecule has 7 nitrogen and oxygen atoms in total. The highest BCUT2D eigenvalue weighted by Crippen LogP contribution is 2.48. The molecule has 2 aromatic heterocycles. The first-order valence-electron chi connectivity index (χ1n) is 12.8. The Labute approximate surface area is 205 Å². The molecule has 184 valence electrons. The van der Waals surface area contributed by atoms with Crippen molar-refractivity contribution in [3.63, 3.8) is 0 Å². The molecule has 3 heterocycles. The fourth-order valence-electron chi connectivity index (χ4n) is 5.70. The lowest BCUT2D eigenvalue weighted by Gasteiger charge is -2.38. The zero-order chi connectivity index (χ0) is 23.5. The molecule has 1 saturated heterocycles. The Morgan fingerprint density at radius 2 is 2.00 bits per heavy atom. The van der Waals surface area contributed by atoms with E-state index in [1.807, 2.05) is 19.2 Å². The molecule has 1 atom stereocenters. The number of carbonyl (C=O) groups is 2. The lowest BCUT2D eigenvalue weighted by atomic mass is 9.91. The monoisotopic (exact) mass is 485 g/mol. The van der Waals surface area contributed by atoms with E-state index in [-0.39, 0.29) is 30.3 Å². The van der Waals surface area contributed by atoms with Crippen LogP contribution < -0.4 is 10.1 Å². The lowest BCUT2D eigenvalue weighted by molar-refractivity contribution is -0.125. The third kappa shape index (κ3) is 5.14. The summed E-state index contributed by atoms with van der Waals surface area (Å²) in [6, 6.07) is 2.65. The van der Waals surface area contributed by atoms with Crippen LogP contribution in [-0.2, 0) is 20.7 Å². The van der Waals surface area contributed by atoms with Crippen molar-refractivity contribution < 1.29 is 19.1 Å². The average Bonchev–Trinajstić information content (AvgIpc) is 3.43. The molecule has 2 fully saturated rings. The summed E-state index contributed by atoms with van der Waals surface area (Å²) in [4.78, 5) is 33.7. The Kier molecular flexibility index (Phi) is 7.46. The molecular formula is C26H35N3O4S. The van der Waals surface area contributed by atoms with Gasteiger partial charge in [0.05, 0.1) is 31.2 Å². The van der Waals surface area contributed by atoms with Gasteiger partial charge in [-0.25, -0.2) is 4.98 Å².